The highest BCUT2D eigenvalue weighted by Gasteiger charge is 2.17. The van der Waals surface area contributed by atoms with Crippen molar-refractivity contribution in [3.63, 3.8) is 0 Å². The number of hydrogen-bond donors (Lipinski definition) is 1. The normalized spacial score (nSPS) is 9.95. The fourth-order valence-corrected chi connectivity index (χ4v) is 2.08. The number of anilines is 1. The van der Waals surface area contributed by atoms with Crippen LogP contribution in [0.5, 0.6) is 11.5 Å². The fraction of sp³-hybridized carbons (Fsp3) is 0.143. The monoisotopic (exact) mass is 336 g/mol. The van der Waals surface area contributed by atoms with Gasteiger partial charge in [0.05, 0.1) is 29.9 Å². The van der Waals surface area contributed by atoms with Crippen LogP contribution in [0.25, 0.3) is 0 Å². The summed E-state index contributed by atoms with van der Waals surface area (Å²) in [6.07, 6.45) is 3.21. The second kappa shape index (κ2) is 6.38. The molecule has 0 bridgehead atoms. The van der Waals surface area contributed by atoms with Crippen molar-refractivity contribution < 1.29 is 14.3 Å². The number of para-hydroxylation sites is 1. The molecule has 1 aromatic carbocycles. The maximum absolute atomic E-state index is 12.3. The van der Waals surface area contributed by atoms with Crippen molar-refractivity contribution in [2.24, 2.45) is 0 Å². The lowest BCUT2D eigenvalue weighted by Crippen LogP contribution is -2.14. The van der Waals surface area contributed by atoms with Gasteiger partial charge in [-0.2, -0.15) is 0 Å². The second-order valence-electron chi connectivity index (χ2n) is 3.85. The summed E-state index contributed by atoms with van der Waals surface area (Å²) < 4.78 is 11.1. The van der Waals surface area contributed by atoms with Crippen molar-refractivity contribution in [2.75, 3.05) is 19.5 Å². The van der Waals surface area contributed by atoms with Crippen molar-refractivity contribution >= 4 is 27.5 Å². The molecule has 0 aliphatic rings. The molecule has 0 saturated carbocycles. The van der Waals surface area contributed by atoms with E-state index in [0.717, 1.165) is 0 Å². The number of rotatable bonds is 4. The van der Waals surface area contributed by atoms with Crippen LogP contribution in [-0.2, 0) is 0 Å². The highest BCUT2D eigenvalue weighted by Crippen LogP contribution is 2.31. The van der Waals surface area contributed by atoms with E-state index in [1.807, 2.05) is 0 Å². The summed E-state index contributed by atoms with van der Waals surface area (Å²) in [6.45, 7) is 0. The Morgan fingerprint density at radius 3 is 2.70 bits per heavy atom. The number of nitrogens with one attached hydrogen (secondary N) is 1. The Labute approximate surface area is 125 Å². The minimum Gasteiger partial charge on any atom is -0.493 e. The third-order valence-corrected chi connectivity index (χ3v) is 3.30. The van der Waals surface area contributed by atoms with E-state index < -0.39 is 0 Å². The van der Waals surface area contributed by atoms with E-state index in [0.29, 0.717) is 27.2 Å². The quantitative estimate of drug-likeness (QED) is 0.931. The number of carbonyl (C=O) groups excluding carboxylic acids is 1. The molecular formula is C14H13BrN2O3. The highest BCUT2D eigenvalue weighted by atomic mass is 79.9. The first-order valence-corrected chi connectivity index (χ1v) is 6.58. The van der Waals surface area contributed by atoms with Crippen molar-refractivity contribution in [2.45, 2.75) is 0 Å². The standard InChI is InChI=1S/C14H13BrN2O3/c1-19-12-5-3-4-9(13(12)20-2)14(18)17-11-6-7-16-8-10(11)15/h3-8H,1-2H3,(H,16,17,18). The Bertz CT molecular complexity index is 632. The van der Waals surface area contributed by atoms with Gasteiger partial charge in [0.25, 0.3) is 5.91 Å². The Morgan fingerprint density at radius 1 is 1.25 bits per heavy atom. The van der Waals surface area contributed by atoms with E-state index in [9.17, 15) is 4.79 Å². The number of amides is 1. The van der Waals surface area contributed by atoms with Gasteiger partial charge in [-0.3, -0.25) is 9.78 Å². The molecule has 2 aromatic rings. The summed E-state index contributed by atoms with van der Waals surface area (Å²) in [7, 11) is 3.02. The van der Waals surface area contributed by atoms with Crippen LogP contribution in [0.1, 0.15) is 10.4 Å². The maximum atomic E-state index is 12.3. The van der Waals surface area contributed by atoms with E-state index in [-0.39, 0.29) is 5.91 Å². The molecule has 104 valence electrons. The molecule has 5 nitrogen and oxygen atoms in total. The van der Waals surface area contributed by atoms with Crippen molar-refractivity contribution in [1.82, 2.24) is 4.98 Å². The molecule has 1 aromatic heterocycles. The predicted molar refractivity (Wildman–Crippen MR) is 79.4 cm³/mol. The molecule has 2 rings (SSSR count). The minimum absolute atomic E-state index is 0.285. The molecule has 0 spiro atoms. The van der Waals surface area contributed by atoms with E-state index in [4.69, 9.17) is 9.47 Å². The molecule has 20 heavy (non-hydrogen) atoms. The number of halogens is 1. The van der Waals surface area contributed by atoms with Gasteiger partial charge in [0.15, 0.2) is 11.5 Å². The highest BCUT2D eigenvalue weighted by molar-refractivity contribution is 9.10. The lowest BCUT2D eigenvalue weighted by Gasteiger charge is -2.13. The molecule has 0 aliphatic heterocycles. The van der Waals surface area contributed by atoms with Gasteiger partial charge in [-0.1, -0.05) is 6.07 Å². The Hall–Kier alpha value is -2.08. The number of hydrogen-bond acceptors (Lipinski definition) is 4. The molecule has 0 unspecified atom stereocenters. The molecule has 1 amide bonds. The van der Waals surface area contributed by atoms with E-state index in [1.54, 1.807) is 36.7 Å². The summed E-state index contributed by atoms with van der Waals surface area (Å²) >= 11 is 3.33. The lowest BCUT2D eigenvalue weighted by atomic mass is 10.1. The van der Waals surface area contributed by atoms with Crippen LogP contribution in [0.4, 0.5) is 5.69 Å². The van der Waals surface area contributed by atoms with E-state index in [1.165, 1.54) is 14.2 Å². The smallest absolute Gasteiger partial charge is 0.259 e. The summed E-state index contributed by atoms with van der Waals surface area (Å²) in [5, 5.41) is 2.79. The van der Waals surface area contributed by atoms with Gasteiger partial charge < -0.3 is 14.8 Å². The molecule has 0 atom stereocenters. The number of ether oxygens (including phenoxy) is 2. The maximum Gasteiger partial charge on any atom is 0.259 e. The van der Waals surface area contributed by atoms with Crippen molar-refractivity contribution in [1.29, 1.82) is 0 Å². The summed E-state index contributed by atoms with van der Waals surface area (Å²) in [4.78, 5) is 16.3. The topological polar surface area (TPSA) is 60.5 Å². The van der Waals surface area contributed by atoms with Crippen molar-refractivity contribution in [3.8, 4) is 11.5 Å². The molecule has 6 heteroatoms. The molecule has 0 fully saturated rings. The predicted octanol–water partition coefficient (Wildman–Crippen LogP) is 3.11. The number of carbonyl (C=O) groups is 1. The zero-order valence-corrected chi connectivity index (χ0v) is 12.6. The Balaban J connectivity index is 2.32. The van der Waals surface area contributed by atoms with E-state index >= 15 is 0 Å². The molecule has 0 aliphatic carbocycles. The number of aromatic nitrogens is 1. The summed E-state index contributed by atoms with van der Waals surface area (Å²) in [5.41, 5.74) is 1.03. The molecule has 1 N–H and O–H groups in total. The number of methoxy groups -OCH3 is 2. The van der Waals surface area contributed by atoms with Gasteiger partial charge >= 0.3 is 0 Å². The average Bonchev–Trinajstić information content (AvgIpc) is 2.48. The SMILES string of the molecule is COc1cccc(C(=O)Nc2ccncc2Br)c1OC. The first-order chi connectivity index (χ1) is 9.67. The number of pyridine rings is 1. The van der Waals surface area contributed by atoms with Gasteiger partial charge in [0.2, 0.25) is 0 Å². The Kier molecular flexibility index (Phi) is 4.57. The van der Waals surface area contributed by atoms with Crippen LogP contribution in [0.2, 0.25) is 0 Å². The van der Waals surface area contributed by atoms with Crippen LogP contribution in [0.15, 0.2) is 41.1 Å². The van der Waals surface area contributed by atoms with Gasteiger partial charge in [-0.05, 0) is 34.1 Å². The van der Waals surface area contributed by atoms with Gasteiger partial charge in [-0.15, -0.1) is 0 Å². The zero-order chi connectivity index (χ0) is 14.5. The summed E-state index contributed by atoms with van der Waals surface area (Å²) in [5.74, 6) is 0.624. The van der Waals surface area contributed by atoms with Crippen LogP contribution in [0.3, 0.4) is 0 Å². The minimum atomic E-state index is -0.285. The number of benzene rings is 1. The van der Waals surface area contributed by atoms with Gasteiger partial charge in [0, 0.05) is 12.4 Å². The van der Waals surface area contributed by atoms with Crippen LogP contribution in [0, 0.1) is 0 Å². The van der Waals surface area contributed by atoms with Gasteiger partial charge in [0.1, 0.15) is 0 Å². The Morgan fingerprint density at radius 2 is 2.05 bits per heavy atom. The lowest BCUT2D eigenvalue weighted by molar-refractivity contribution is 0.102. The fourth-order valence-electron chi connectivity index (χ4n) is 1.73. The van der Waals surface area contributed by atoms with Gasteiger partial charge in [-0.25, -0.2) is 0 Å². The second-order valence-corrected chi connectivity index (χ2v) is 4.71. The largest absolute Gasteiger partial charge is 0.493 e. The zero-order valence-electron chi connectivity index (χ0n) is 11.0. The average molecular weight is 337 g/mol. The third-order valence-electron chi connectivity index (χ3n) is 2.67. The van der Waals surface area contributed by atoms with Crippen LogP contribution >= 0.6 is 15.9 Å². The van der Waals surface area contributed by atoms with E-state index in [2.05, 4.69) is 26.2 Å². The third kappa shape index (κ3) is 2.91. The molecule has 1 heterocycles. The first kappa shape index (κ1) is 14.3. The van der Waals surface area contributed by atoms with Crippen molar-refractivity contribution in [3.05, 3.63) is 46.7 Å². The molecular weight excluding hydrogens is 324 g/mol. The van der Waals surface area contributed by atoms with Crippen LogP contribution in [-0.4, -0.2) is 25.1 Å². The first-order valence-electron chi connectivity index (χ1n) is 5.79. The summed E-state index contributed by atoms with van der Waals surface area (Å²) in [6, 6.07) is 6.84. The molecule has 0 radical (unpaired) electrons. The molecule has 0 saturated heterocycles. The number of nitrogens with zero attached hydrogens (tertiary/aromatic N) is 1. The van der Waals surface area contributed by atoms with Crippen LogP contribution < -0.4 is 14.8 Å².